The molecule has 2 aliphatic rings. The van der Waals surface area contributed by atoms with Crippen molar-refractivity contribution in [3.63, 3.8) is 0 Å². The highest BCUT2D eigenvalue weighted by Gasteiger charge is 2.33. The van der Waals surface area contributed by atoms with Crippen LogP contribution in [0, 0.1) is 5.92 Å². The molecule has 1 saturated heterocycles. The number of hydrogen-bond donors (Lipinski definition) is 2. The number of nitrogens with zero attached hydrogens (tertiary/aromatic N) is 2. The molecule has 1 fully saturated rings. The van der Waals surface area contributed by atoms with Gasteiger partial charge in [0.15, 0.2) is 0 Å². The minimum Gasteiger partial charge on any atom is -0.358 e. The number of fused-ring (bicyclic) bond motifs is 3. The van der Waals surface area contributed by atoms with Crippen molar-refractivity contribution < 1.29 is 8.42 Å². The van der Waals surface area contributed by atoms with Crippen LogP contribution in [0.25, 0.3) is 10.9 Å². The first-order chi connectivity index (χ1) is 11.8. The largest absolute Gasteiger partial charge is 0.358 e. The predicted octanol–water partition coefficient (Wildman–Crippen LogP) is 3.29. The van der Waals surface area contributed by atoms with E-state index in [1.54, 1.807) is 6.20 Å². The second kappa shape index (κ2) is 6.32. The summed E-state index contributed by atoms with van der Waals surface area (Å²) >= 11 is 12.5. The van der Waals surface area contributed by atoms with Crippen molar-refractivity contribution in [2.75, 3.05) is 31.4 Å². The summed E-state index contributed by atoms with van der Waals surface area (Å²) in [6, 6.07) is 1.81. The average molecular weight is 403 g/mol. The van der Waals surface area contributed by atoms with Crippen molar-refractivity contribution in [3.05, 3.63) is 27.9 Å². The Balaban J connectivity index is 1.66. The molecule has 0 aliphatic carbocycles. The third-order valence-corrected chi connectivity index (χ3v) is 7.18. The summed E-state index contributed by atoms with van der Waals surface area (Å²) in [5, 5.41) is 1.66. The lowest BCUT2D eigenvalue weighted by molar-refractivity contribution is 0.194. The van der Waals surface area contributed by atoms with Gasteiger partial charge in [-0.15, -0.1) is 0 Å². The van der Waals surface area contributed by atoms with Crippen LogP contribution in [0.15, 0.2) is 12.3 Å². The molecule has 1 aromatic heterocycles. The van der Waals surface area contributed by atoms with Gasteiger partial charge in [-0.3, -0.25) is 4.72 Å². The monoisotopic (exact) mass is 402 g/mol. The zero-order chi connectivity index (χ0) is 17.8. The van der Waals surface area contributed by atoms with Crippen LogP contribution in [0.1, 0.15) is 18.4 Å². The number of benzene rings is 1. The maximum absolute atomic E-state index is 12.7. The Morgan fingerprint density at radius 2 is 1.96 bits per heavy atom. The van der Waals surface area contributed by atoms with Gasteiger partial charge in [-0.2, -0.15) is 12.7 Å². The predicted molar refractivity (Wildman–Crippen MR) is 101 cm³/mol. The second-order valence-corrected chi connectivity index (χ2v) is 9.41. The molecule has 0 spiro atoms. The molecule has 25 heavy (non-hydrogen) atoms. The molecule has 0 radical (unpaired) electrons. The highest BCUT2D eigenvalue weighted by atomic mass is 35.5. The topological polar surface area (TPSA) is 68.4 Å². The number of rotatable bonds is 2. The van der Waals surface area contributed by atoms with E-state index in [1.165, 1.54) is 4.31 Å². The first kappa shape index (κ1) is 17.4. The summed E-state index contributed by atoms with van der Waals surface area (Å²) in [5.41, 5.74) is 2.04. The molecule has 4 rings (SSSR count). The van der Waals surface area contributed by atoms with Crippen LogP contribution in [0.3, 0.4) is 0 Å². The van der Waals surface area contributed by atoms with E-state index in [4.69, 9.17) is 23.2 Å². The fourth-order valence-electron chi connectivity index (χ4n) is 3.69. The highest BCUT2D eigenvalue weighted by Crippen LogP contribution is 2.40. The minimum absolute atomic E-state index is 0.323. The van der Waals surface area contributed by atoms with Crippen molar-refractivity contribution in [2.45, 2.75) is 19.4 Å². The van der Waals surface area contributed by atoms with Gasteiger partial charge < -0.3 is 9.88 Å². The maximum atomic E-state index is 12.7. The number of nitrogens with one attached hydrogen (secondary N) is 2. The number of likely N-dealkylation sites (tertiary alicyclic amines) is 1. The highest BCUT2D eigenvalue weighted by molar-refractivity contribution is 7.90. The maximum Gasteiger partial charge on any atom is 0.302 e. The van der Waals surface area contributed by atoms with Crippen LogP contribution >= 0.6 is 23.2 Å². The molecule has 2 aliphatic heterocycles. The van der Waals surface area contributed by atoms with Gasteiger partial charge in [0.2, 0.25) is 0 Å². The molecule has 0 bridgehead atoms. The van der Waals surface area contributed by atoms with Crippen molar-refractivity contribution in [1.82, 2.24) is 14.2 Å². The Hall–Kier alpha value is -0.990. The molecule has 2 N–H and O–H groups in total. The lowest BCUT2D eigenvalue weighted by Gasteiger charge is -2.35. The lowest BCUT2D eigenvalue weighted by atomic mass is 9.97. The van der Waals surface area contributed by atoms with E-state index >= 15 is 0 Å². The van der Waals surface area contributed by atoms with E-state index in [9.17, 15) is 8.42 Å². The Bertz CT molecular complexity index is 920. The lowest BCUT2D eigenvalue weighted by Crippen LogP contribution is -2.44. The molecular weight excluding hydrogens is 383 g/mol. The number of aromatic nitrogens is 1. The quantitative estimate of drug-likeness (QED) is 0.809. The minimum atomic E-state index is -3.58. The molecule has 1 aromatic carbocycles. The zero-order valence-corrected chi connectivity index (χ0v) is 16.2. The number of aromatic amines is 1. The molecule has 3 heterocycles. The molecular formula is C16H20Cl2N4O2S. The van der Waals surface area contributed by atoms with Crippen LogP contribution < -0.4 is 4.72 Å². The standard InChI is InChI=1S/C16H20Cl2N4O2S/c1-21-4-2-10(3-5-21)8-22-9-11-6-12(17)14-13(18)7-19-16(14)15(11)20-25(22,23)24/h6-7,10,19-20H,2-5,8-9H2,1H3. The van der Waals surface area contributed by atoms with E-state index in [2.05, 4.69) is 21.7 Å². The third kappa shape index (κ3) is 3.13. The molecule has 6 nitrogen and oxygen atoms in total. The van der Waals surface area contributed by atoms with Crippen LogP contribution in [0.4, 0.5) is 5.69 Å². The number of piperidine rings is 1. The summed E-state index contributed by atoms with van der Waals surface area (Å²) in [5.74, 6) is 0.383. The molecule has 0 amide bonds. The number of H-pyrrole nitrogens is 1. The van der Waals surface area contributed by atoms with E-state index in [1.807, 2.05) is 6.07 Å². The summed E-state index contributed by atoms with van der Waals surface area (Å²) in [6.45, 7) is 2.87. The van der Waals surface area contributed by atoms with Crippen molar-refractivity contribution in [2.24, 2.45) is 5.92 Å². The Labute approximate surface area is 157 Å². The molecule has 0 saturated carbocycles. The van der Waals surface area contributed by atoms with Gasteiger partial charge in [-0.1, -0.05) is 23.2 Å². The Kier molecular flexibility index (Phi) is 4.40. The van der Waals surface area contributed by atoms with Crippen LogP contribution in [-0.4, -0.2) is 49.3 Å². The fourth-order valence-corrected chi connectivity index (χ4v) is 5.66. The summed E-state index contributed by atoms with van der Waals surface area (Å²) in [4.78, 5) is 5.31. The van der Waals surface area contributed by atoms with Gasteiger partial charge in [0, 0.05) is 24.7 Å². The normalized spacial score (nSPS) is 22.0. The Morgan fingerprint density at radius 1 is 1.24 bits per heavy atom. The van der Waals surface area contributed by atoms with Gasteiger partial charge in [0.05, 0.1) is 21.2 Å². The number of halogens is 2. The fraction of sp³-hybridized carbons (Fsp3) is 0.500. The average Bonchev–Trinajstić information content (AvgIpc) is 2.94. The smallest absolute Gasteiger partial charge is 0.302 e. The van der Waals surface area contributed by atoms with Gasteiger partial charge in [0.1, 0.15) is 0 Å². The van der Waals surface area contributed by atoms with Gasteiger partial charge in [-0.05, 0) is 50.5 Å². The molecule has 0 unspecified atom stereocenters. The van der Waals surface area contributed by atoms with Crippen LogP contribution in [0.5, 0.6) is 0 Å². The van der Waals surface area contributed by atoms with Crippen molar-refractivity contribution >= 4 is 50.0 Å². The summed E-state index contributed by atoms with van der Waals surface area (Å²) < 4.78 is 29.7. The molecule has 2 aromatic rings. The van der Waals surface area contributed by atoms with Gasteiger partial charge in [0.25, 0.3) is 0 Å². The molecule has 9 heteroatoms. The van der Waals surface area contributed by atoms with Gasteiger partial charge >= 0.3 is 10.2 Å². The van der Waals surface area contributed by atoms with Crippen LogP contribution in [0.2, 0.25) is 10.0 Å². The van der Waals surface area contributed by atoms with E-state index in [0.29, 0.717) is 45.6 Å². The summed E-state index contributed by atoms with van der Waals surface area (Å²) in [7, 11) is -1.48. The summed E-state index contributed by atoms with van der Waals surface area (Å²) in [6.07, 6.45) is 3.65. The number of anilines is 1. The van der Waals surface area contributed by atoms with E-state index in [-0.39, 0.29) is 0 Å². The van der Waals surface area contributed by atoms with E-state index < -0.39 is 10.2 Å². The Morgan fingerprint density at radius 3 is 2.68 bits per heavy atom. The van der Waals surface area contributed by atoms with E-state index in [0.717, 1.165) is 31.5 Å². The van der Waals surface area contributed by atoms with Crippen molar-refractivity contribution in [1.29, 1.82) is 0 Å². The van der Waals surface area contributed by atoms with Crippen LogP contribution in [-0.2, 0) is 16.8 Å². The van der Waals surface area contributed by atoms with Gasteiger partial charge in [-0.25, -0.2) is 0 Å². The zero-order valence-electron chi connectivity index (χ0n) is 13.8. The van der Waals surface area contributed by atoms with Crippen molar-refractivity contribution in [3.8, 4) is 0 Å². The molecule has 136 valence electrons. The SMILES string of the molecule is CN1CCC(CN2Cc3cc(Cl)c4c(Cl)c[nH]c4c3NS2(=O)=O)CC1. The number of hydrogen-bond acceptors (Lipinski definition) is 3. The molecule has 0 atom stereocenters. The second-order valence-electron chi connectivity index (χ2n) is 6.93. The first-order valence-electron chi connectivity index (χ1n) is 8.29. The first-order valence-corrected chi connectivity index (χ1v) is 10.5. The third-order valence-electron chi connectivity index (χ3n) is 5.16.